The Labute approximate surface area is 161 Å². The van der Waals surface area contributed by atoms with E-state index in [4.69, 9.17) is 0 Å². The van der Waals surface area contributed by atoms with Crippen molar-refractivity contribution in [1.29, 1.82) is 0 Å². The maximum absolute atomic E-state index is 14.0. The molecule has 8 heteroatoms. The average molecular weight is 392 g/mol. The van der Waals surface area contributed by atoms with Gasteiger partial charge >= 0.3 is 0 Å². The van der Waals surface area contributed by atoms with Gasteiger partial charge in [0.1, 0.15) is 12.0 Å². The average Bonchev–Trinajstić information content (AvgIpc) is 3.48. The van der Waals surface area contributed by atoms with E-state index in [1.807, 2.05) is 4.90 Å². The molecule has 2 aliphatic carbocycles. The Morgan fingerprint density at radius 3 is 2.61 bits per heavy atom. The van der Waals surface area contributed by atoms with E-state index in [-0.39, 0.29) is 17.7 Å². The van der Waals surface area contributed by atoms with E-state index in [1.54, 1.807) is 0 Å². The third-order valence-electron chi connectivity index (χ3n) is 5.93. The topological polar surface area (TPSA) is 58.1 Å². The summed E-state index contributed by atoms with van der Waals surface area (Å²) in [7, 11) is 0. The summed E-state index contributed by atoms with van der Waals surface area (Å²) in [6.07, 6.45) is 7.16. The molecule has 150 valence electrons. The summed E-state index contributed by atoms with van der Waals surface area (Å²) in [5.41, 5.74) is 0. The fraction of sp³-hybridized carbons (Fsp3) is 0.550. The molecular weight excluding hydrogens is 369 g/mol. The Kier molecular flexibility index (Phi) is 5.37. The van der Waals surface area contributed by atoms with Crippen molar-refractivity contribution in [1.82, 2.24) is 14.9 Å². The van der Waals surface area contributed by atoms with Crippen LogP contribution in [0.5, 0.6) is 0 Å². The SMILES string of the molecule is O=C([C@@H]1C[C@H]1C1C(F)=CC=CC1F)N1CCC(CNc2ncc(F)cn2)CC1. The maximum Gasteiger partial charge on any atom is 0.225 e. The molecule has 3 aliphatic rings. The normalized spacial score (nSPS) is 30.1. The highest BCUT2D eigenvalue weighted by Gasteiger charge is 2.53. The van der Waals surface area contributed by atoms with Crippen molar-refractivity contribution >= 4 is 11.9 Å². The molecule has 2 fully saturated rings. The molecule has 28 heavy (non-hydrogen) atoms. The first-order chi connectivity index (χ1) is 13.5. The lowest BCUT2D eigenvalue weighted by atomic mass is 9.91. The number of piperidine rings is 1. The zero-order valence-corrected chi connectivity index (χ0v) is 15.4. The third-order valence-corrected chi connectivity index (χ3v) is 5.93. The Balaban J connectivity index is 1.23. The number of anilines is 1. The lowest BCUT2D eigenvalue weighted by molar-refractivity contribution is -0.134. The molecule has 1 amide bonds. The van der Waals surface area contributed by atoms with E-state index < -0.39 is 23.7 Å². The largest absolute Gasteiger partial charge is 0.354 e. The second-order valence-electron chi connectivity index (χ2n) is 7.79. The summed E-state index contributed by atoms with van der Waals surface area (Å²) in [6.45, 7) is 1.94. The number of alkyl halides is 1. The minimum atomic E-state index is -1.35. The number of carbonyl (C=O) groups is 1. The molecule has 0 aromatic carbocycles. The van der Waals surface area contributed by atoms with Crippen LogP contribution in [0.2, 0.25) is 0 Å². The number of likely N-dealkylation sites (tertiary alicyclic amines) is 1. The lowest BCUT2D eigenvalue weighted by Gasteiger charge is -2.32. The molecule has 4 rings (SSSR count). The molecule has 4 atom stereocenters. The van der Waals surface area contributed by atoms with Crippen molar-refractivity contribution < 1.29 is 18.0 Å². The van der Waals surface area contributed by atoms with Gasteiger partial charge in [-0.15, -0.1) is 0 Å². The second-order valence-corrected chi connectivity index (χ2v) is 7.79. The first-order valence-electron chi connectivity index (χ1n) is 9.71. The lowest BCUT2D eigenvalue weighted by Crippen LogP contribution is -2.41. The summed E-state index contributed by atoms with van der Waals surface area (Å²) in [5, 5.41) is 3.09. The molecule has 1 aliphatic heterocycles. The van der Waals surface area contributed by atoms with E-state index in [1.165, 1.54) is 18.2 Å². The number of hydrogen-bond acceptors (Lipinski definition) is 4. The highest BCUT2D eigenvalue weighted by Crippen LogP contribution is 2.51. The predicted molar refractivity (Wildman–Crippen MR) is 98.1 cm³/mol. The first kappa shape index (κ1) is 19.0. The summed E-state index contributed by atoms with van der Waals surface area (Å²) in [6, 6.07) is 0. The third kappa shape index (κ3) is 4.05. The zero-order valence-electron chi connectivity index (χ0n) is 15.4. The second kappa shape index (κ2) is 7.93. The number of allylic oxidation sites excluding steroid dienone is 4. The van der Waals surface area contributed by atoms with Gasteiger partial charge in [-0.2, -0.15) is 0 Å². The summed E-state index contributed by atoms with van der Waals surface area (Å²) in [5.74, 6) is -1.47. The Hall–Kier alpha value is -2.38. The van der Waals surface area contributed by atoms with Crippen LogP contribution in [0.15, 0.2) is 36.4 Å². The van der Waals surface area contributed by atoms with E-state index in [9.17, 15) is 18.0 Å². The standard InChI is InChI=1S/C20H23F3N4O/c21-13-10-25-20(26-11-13)24-9-12-4-6-27(7-5-12)19(28)15-8-14(15)18-16(22)2-1-3-17(18)23/h1-3,10-12,14-16,18H,4-9H2,(H,24,25,26)/t14-,15-,16?,18?/m1/s1. The van der Waals surface area contributed by atoms with Crippen molar-refractivity contribution in [2.24, 2.45) is 23.7 Å². The number of halogens is 3. The molecule has 2 heterocycles. The monoisotopic (exact) mass is 392 g/mol. The number of nitrogens with zero attached hydrogens (tertiary/aromatic N) is 3. The highest BCUT2D eigenvalue weighted by molar-refractivity contribution is 5.82. The van der Waals surface area contributed by atoms with E-state index in [0.717, 1.165) is 25.2 Å². The maximum atomic E-state index is 14.0. The van der Waals surface area contributed by atoms with Gasteiger partial charge in [-0.1, -0.05) is 6.08 Å². The molecule has 5 nitrogen and oxygen atoms in total. The van der Waals surface area contributed by atoms with Crippen LogP contribution in [-0.2, 0) is 4.79 Å². The van der Waals surface area contributed by atoms with Crippen molar-refractivity contribution in [3.63, 3.8) is 0 Å². The number of rotatable bonds is 5. The van der Waals surface area contributed by atoms with E-state index in [2.05, 4.69) is 15.3 Å². The number of amides is 1. The van der Waals surface area contributed by atoms with Gasteiger partial charge in [-0.25, -0.2) is 23.1 Å². The molecule has 1 saturated carbocycles. The van der Waals surface area contributed by atoms with Crippen LogP contribution in [0, 0.1) is 29.5 Å². The predicted octanol–water partition coefficient (Wildman–Crippen LogP) is 3.28. The smallest absolute Gasteiger partial charge is 0.225 e. The summed E-state index contributed by atoms with van der Waals surface area (Å²) < 4.78 is 40.8. The number of aromatic nitrogens is 2. The molecule has 1 aromatic rings. The van der Waals surface area contributed by atoms with Crippen LogP contribution in [0.1, 0.15) is 19.3 Å². The quantitative estimate of drug-likeness (QED) is 0.836. The van der Waals surface area contributed by atoms with Crippen molar-refractivity contribution in [3.8, 4) is 0 Å². The van der Waals surface area contributed by atoms with Gasteiger partial charge in [0.2, 0.25) is 11.9 Å². The van der Waals surface area contributed by atoms with Crippen LogP contribution in [-0.4, -0.2) is 46.6 Å². The molecular formula is C20H23F3N4O. The van der Waals surface area contributed by atoms with Crippen molar-refractivity contribution in [2.75, 3.05) is 25.0 Å². The van der Waals surface area contributed by atoms with Crippen LogP contribution < -0.4 is 5.32 Å². The molecule has 0 radical (unpaired) electrons. The molecule has 0 spiro atoms. The number of carbonyl (C=O) groups excluding carboxylic acids is 1. The van der Waals surface area contributed by atoms with E-state index >= 15 is 0 Å². The molecule has 2 unspecified atom stereocenters. The van der Waals surface area contributed by atoms with Gasteiger partial charge in [0.25, 0.3) is 0 Å². The van der Waals surface area contributed by atoms with Gasteiger partial charge in [-0.3, -0.25) is 4.79 Å². The van der Waals surface area contributed by atoms with Crippen LogP contribution >= 0.6 is 0 Å². The highest BCUT2D eigenvalue weighted by atomic mass is 19.1. The van der Waals surface area contributed by atoms with Crippen molar-refractivity contribution in [2.45, 2.75) is 25.4 Å². The molecule has 1 aromatic heterocycles. The van der Waals surface area contributed by atoms with Gasteiger partial charge < -0.3 is 10.2 Å². The van der Waals surface area contributed by atoms with Crippen LogP contribution in [0.3, 0.4) is 0 Å². The number of hydrogen-bond donors (Lipinski definition) is 1. The van der Waals surface area contributed by atoms with E-state index in [0.29, 0.717) is 37.9 Å². The van der Waals surface area contributed by atoms with Gasteiger partial charge in [0, 0.05) is 31.5 Å². The van der Waals surface area contributed by atoms with Gasteiger partial charge in [0.05, 0.1) is 12.4 Å². The Morgan fingerprint density at radius 1 is 1.21 bits per heavy atom. The minimum absolute atomic E-state index is 0.0211. The Bertz CT molecular complexity index is 774. The summed E-state index contributed by atoms with van der Waals surface area (Å²) >= 11 is 0. The fourth-order valence-corrected chi connectivity index (χ4v) is 4.20. The van der Waals surface area contributed by atoms with Crippen LogP contribution in [0.25, 0.3) is 0 Å². The molecule has 1 saturated heterocycles. The minimum Gasteiger partial charge on any atom is -0.354 e. The van der Waals surface area contributed by atoms with Crippen LogP contribution in [0.4, 0.5) is 19.1 Å². The molecule has 1 N–H and O–H groups in total. The van der Waals surface area contributed by atoms with Gasteiger partial charge in [0.15, 0.2) is 5.82 Å². The number of nitrogens with one attached hydrogen (secondary N) is 1. The fourth-order valence-electron chi connectivity index (χ4n) is 4.20. The van der Waals surface area contributed by atoms with Gasteiger partial charge in [-0.05, 0) is 43.3 Å². The first-order valence-corrected chi connectivity index (χ1v) is 9.71. The van der Waals surface area contributed by atoms with Crippen molar-refractivity contribution in [3.05, 3.63) is 42.3 Å². The summed E-state index contributed by atoms with van der Waals surface area (Å²) in [4.78, 5) is 22.3. The zero-order chi connectivity index (χ0) is 19.7. The Morgan fingerprint density at radius 2 is 1.93 bits per heavy atom. The molecule has 0 bridgehead atoms.